The Morgan fingerprint density at radius 1 is 0.980 bits per heavy atom. The van der Waals surface area contributed by atoms with E-state index >= 15 is 0 Å². The molecule has 0 aromatic heterocycles. The van der Waals surface area contributed by atoms with Crippen LogP contribution in [-0.2, 0) is 27.1 Å². The highest BCUT2D eigenvalue weighted by molar-refractivity contribution is 5.80. The lowest BCUT2D eigenvalue weighted by molar-refractivity contribution is -0.127. The number of hydrogen-bond acceptors (Lipinski definition) is 8. The maximum absolute atomic E-state index is 14.2. The van der Waals surface area contributed by atoms with E-state index < -0.39 is 36.3 Å². The lowest BCUT2D eigenvalue weighted by Crippen LogP contribution is -2.48. The topological polar surface area (TPSA) is 130 Å². The SMILES string of the molecule is CC(C)N(CCOc1ccc(C[C@H](C[C@H](O)[C@H](CC2CCCCC2)NC(=O)O[C@H]2CCOC2)C(=O)N[C@H]2c3ccccc3C[C@H]2O)cc1)C(C)C. The molecule has 2 fully saturated rings. The number of aliphatic hydroxyl groups is 2. The van der Waals surface area contributed by atoms with Gasteiger partial charge in [0.15, 0.2) is 0 Å². The molecule has 3 aliphatic rings. The molecule has 282 valence electrons. The van der Waals surface area contributed by atoms with Crippen molar-refractivity contribution in [2.75, 3.05) is 26.4 Å². The van der Waals surface area contributed by atoms with E-state index in [0.29, 0.717) is 63.5 Å². The van der Waals surface area contributed by atoms with Crippen molar-refractivity contribution in [3.05, 3.63) is 65.2 Å². The van der Waals surface area contributed by atoms with Gasteiger partial charge in [0.1, 0.15) is 18.5 Å². The molecular weight excluding hydrogens is 646 g/mol. The summed E-state index contributed by atoms with van der Waals surface area (Å²) in [4.78, 5) is 29.6. The first-order valence-corrected chi connectivity index (χ1v) is 19.3. The van der Waals surface area contributed by atoms with Crippen molar-refractivity contribution < 1.29 is 34.0 Å². The third-order valence-electron chi connectivity index (χ3n) is 11.0. The molecule has 2 aromatic carbocycles. The van der Waals surface area contributed by atoms with Crippen LogP contribution in [0.4, 0.5) is 4.79 Å². The molecule has 2 aromatic rings. The molecule has 0 spiro atoms. The number of fused-ring (bicyclic) bond motifs is 1. The predicted octanol–water partition coefficient (Wildman–Crippen LogP) is 5.72. The Morgan fingerprint density at radius 3 is 2.39 bits per heavy atom. The van der Waals surface area contributed by atoms with Gasteiger partial charge in [0.2, 0.25) is 5.91 Å². The first kappa shape index (κ1) is 39.0. The Labute approximate surface area is 304 Å². The number of benzene rings is 2. The Bertz CT molecular complexity index is 1370. The van der Waals surface area contributed by atoms with E-state index in [1.54, 1.807) is 0 Å². The number of hydrogen-bond donors (Lipinski definition) is 4. The van der Waals surface area contributed by atoms with E-state index in [9.17, 15) is 19.8 Å². The number of nitrogens with zero attached hydrogens (tertiary/aromatic N) is 1. The van der Waals surface area contributed by atoms with E-state index in [1.807, 2.05) is 48.5 Å². The van der Waals surface area contributed by atoms with Crippen molar-refractivity contribution in [1.29, 1.82) is 0 Å². The van der Waals surface area contributed by atoms with Gasteiger partial charge in [-0.15, -0.1) is 0 Å². The number of ether oxygens (including phenoxy) is 3. The Morgan fingerprint density at radius 2 is 1.71 bits per heavy atom. The van der Waals surface area contributed by atoms with Crippen LogP contribution in [0.2, 0.25) is 0 Å². The summed E-state index contributed by atoms with van der Waals surface area (Å²) in [6, 6.07) is 15.4. The highest BCUT2D eigenvalue weighted by atomic mass is 16.6. The monoisotopic (exact) mass is 707 g/mol. The highest BCUT2D eigenvalue weighted by Gasteiger charge is 2.36. The van der Waals surface area contributed by atoms with Crippen molar-refractivity contribution in [2.24, 2.45) is 11.8 Å². The van der Waals surface area contributed by atoms with Crippen molar-refractivity contribution in [3.63, 3.8) is 0 Å². The van der Waals surface area contributed by atoms with Crippen LogP contribution >= 0.6 is 0 Å². The van der Waals surface area contributed by atoms with Gasteiger partial charge in [-0.3, -0.25) is 9.69 Å². The van der Waals surface area contributed by atoms with Crippen LogP contribution in [-0.4, -0.2) is 89.9 Å². The molecule has 10 nitrogen and oxygen atoms in total. The number of alkyl carbamates (subject to hydrolysis) is 1. The Balaban J connectivity index is 1.30. The number of carbonyl (C=O) groups is 2. The van der Waals surface area contributed by atoms with E-state index in [0.717, 1.165) is 54.7 Å². The van der Waals surface area contributed by atoms with E-state index in [4.69, 9.17) is 14.2 Å². The fourth-order valence-electron chi connectivity index (χ4n) is 8.18. The van der Waals surface area contributed by atoms with Crippen LogP contribution in [0.1, 0.15) is 102 Å². The van der Waals surface area contributed by atoms with Crippen LogP contribution in [0.5, 0.6) is 5.75 Å². The molecular formula is C41H61N3O7. The van der Waals surface area contributed by atoms with Crippen LogP contribution < -0.4 is 15.4 Å². The average Bonchev–Trinajstić information content (AvgIpc) is 3.73. The molecule has 1 saturated heterocycles. The lowest BCUT2D eigenvalue weighted by Gasteiger charge is -2.32. The number of nitrogens with one attached hydrogen (secondary N) is 2. The minimum absolute atomic E-state index is 0.138. The molecule has 1 heterocycles. The first-order chi connectivity index (χ1) is 24.6. The lowest BCUT2D eigenvalue weighted by atomic mass is 9.82. The van der Waals surface area contributed by atoms with Crippen molar-refractivity contribution in [3.8, 4) is 5.75 Å². The third-order valence-corrected chi connectivity index (χ3v) is 11.0. The summed E-state index contributed by atoms with van der Waals surface area (Å²) in [6.45, 7) is 11.1. The second-order valence-corrected chi connectivity index (χ2v) is 15.5. The molecule has 2 amide bonds. The van der Waals surface area contributed by atoms with Gasteiger partial charge in [-0.1, -0.05) is 68.5 Å². The van der Waals surface area contributed by atoms with Gasteiger partial charge in [0.05, 0.1) is 37.5 Å². The van der Waals surface area contributed by atoms with Crippen LogP contribution in [0.25, 0.3) is 0 Å². The van der Waals surface area contributed by atoms with Gasteiger partial charge in [-0.2, -0.15) is 0 Å². The van der Waals surface area contributed by atoms with Gasteiger partial charge in [-0.25, -0.2) is 4.79 Å². The fraction of sp³-hybridized carbons (Fsp3) is 0.659. The van der Waals surface area contributed by atoms with E-state index in [2.05, 4.69) is 43.2 Å². The van der Waals surface area contributed by atoms with Gasteiger partial charge in [0, 0.05) is 37.4 Å². The van der Waals surface area contributed by atoms with Crippen molar-refractivity contribution >= 4 is 12.0 Å². The van der Waals surface area contributed by atoms with Crippen LogP contribution in [0.3, 0.4) is 0 Å². The Hall–Kier alpha value is -3.18. The average molecular weight is 708 g/mol. The fourth-order valence-corrected chi connectivity index (χ4v) is 8.18. The number of aliphatic hydroxyl groups excluding tert-OH is 2. The number of carbonyl (C=O) groups excluding carboxylic acids is 2. The van der Waals surface area contributed by atoms with Gasteiger partial charge in [-0.05, 0) is 81.7 Å². The summed E-state index contributed by atoms with van der Waals surface area (Å²) in [5.74, 6) is 0.291. The summed E-state index contributed by atoms with van der Waals surface area (Å²) >= 11 is 0. The molecule has 4 N–H and O–H groups in total. The van der Waals surface area contributed by atoms with E-state index in [-0.39, 0.29) is 18.4 Å². The summed E-state index contributed by atoms with van der Waals surface area (Å²) < 4.78 is 17.1. The van der Waals surface area contributed by atoms with Crippen LogP contribution in [0, 0.1) is 11.8 Å². The van der Waals surface area contributed by atoms with Crippen LogP contribution in [0.15, 0.2) is 48.5 Å². The molecule has 0 bridgehead atoms. The molecule has 1 saturated carbocycles. The number of rotatable bonds is 17. The molecule has 2 aliphatic carbocycles. The zero-order valence-corrected chi connectivity index (χ0v) is 31.1. The zero-order valence-electron chi connectivity index (χ0n) is 31.1. The second kappa shape index (κ2) is 19.1. The predicted molar refractivity (Wildman–Crippen MR) is 198 cm³/mol. The molecule has 0 unspecified atom stereocenters. The summed E-state index contributed by atoms with van der Waals surface area (Å²) in [5.41, 5.74) is 2.88. The standard InChI is InChI=1S/C41H61N3O7/c1-27(2)44(28(3)4)19-21-50-33-16-14-30(15-17-33)22-32(40(47)43-39-35-13-9-8-12-31(35)24-38(39)46)25-37(45)36(23-29-10-6-5-7-11-29)42-41(48)51-34-18-20-49-26-34/h8-9,12-17,27-29,32,34,36-39,45-46H,5-7,10-11,18-26H2,1-4H3,(H,42,48)(H,43,47)/t32-,34+,36+,37+,38-,39+/m1/s1. The molecule has 6 atom stereocenters. The number of amides is 2. The Kier molecular flexibility index (Phi) is 14.6. The maximum Gasteiger partial charge on any atom is 0.407 e. The molecule has 10 heteroatoms. The minimum Gasteiger partial charge on any atom is -0.492 e. The van der Waals surface area contributed by atoms with Gasteiger partial charge >= 0.3 is 6.09 Å². The molecule has 51 heavy (non-hydrogen) atoms. The maximum atomic E-state index is 14.2. The zero-order chi connectivity index (χ0) is 36.3. The highest BCUT2D eigenvalue weighted by Crippen LogP contribution is 2.33. The van der Waals surface area contributed by atoms with Crippen molar-refractivity contribution in [1.82, 2.24) is 15.5 Å². The van der Waals surface area contributed by atoms with Gasteiger partial charge in [0.25, 0.3) is 0 Å². The summed E-state index contributed by atoms with van der Waals surface area (Å²) in [5, 5.41) is 28.9. The quantitative estimate of drug-likeness (QED) is 0.164. The summed E-state index contributed by atoms with van der Waals surface area (Å²) in [7, 11) is 0. The van der Waals surface area contributed by atoms with Gasteiger partial charge < -0.3 is 35.1 Å². The molecule has 5 rings (SSSR count). The molecule has 0 radical (unpaired) electrons. The third kappa shape index (κ3) is 11.4. The largest absolute Gasteiger partial charge is 0.492 e. The minimum atomic E-state index is -0.983. The normalized spacial score (nSPS) is 22.5. The first-order valence-electron chi connectivity index (χ1n) is 19.3. The van der Waals surface area contributed by atoms with Crippen molar-refractivity contribution in [2.45, 2.75) is 134 Å². The second-order valence-electron chi connectivity index (χ2n) is 15.5. The molecule has 1 aliphatic heterocycles. The summed E-state index contributed by atoms with van der Waals surface area (Å²) in [6.07, 6.45) is 5.29. The smallest absolute Gasteiger partial charge is 0.407 e. The van der Waals surface area contributed by atoms with E-state index in [1.165, 1.54) is 6.42 Å².